The molecule has 8 nitrogen and oxygen atoms in total. The number of hydrogen-bond acceptors (Lipinski definition) is 8. The fourth-order valence-corrected chi connectivity index (χ4v) is 7.36. The molecule has 1 saturated carbocycles. The van der Waals surface area contributed by atoms with Crippen LogP contribution < -0.4 is 14.8 Å². The average molecular weight is 528 g/mol. The van der Waals surface area contributed by atoms with Crippen molar-refractivity contribution >= 4 is 28.1 Å². The van der Waals surface area contributed by atoms with Crippen LogP contribution in [0.5, 0.6) is 11.5 Å². The Bertz CT molecular complexity index is 1190. The number of amides is 1. The molecule has 5 unspecified atom stereocenters. The Morgan fingerprint density at radius 3 is 2.76 bits per heavy atom. The van der Waals surface area contributed by atoms with Crippen molar-refractivity contribution in [2.24, 2.45) is 16.7 Å². The molecule has 1 heterocycles. The van der Waals surface area contributed by atoms with Crippen LogP contribution in [-0.4, -0.2) is 66.5 Å². The quantitative estimate of drug-likeness (QED) is 0.449. The maximum atomic E-state index is 13.2. The van der Waals surface area contributed by atoms with Crippen molar-refractivity contribution < 1.29 is 24.5 Å². The summed E-state index contributed by atoms with van der Waals surface area (Å²) < 4.78 is 10.9. The van der Waals surface area contributed by atoms with Gasteiger partial charge in [0.15, 0.2) is 5.13 Å². The molecule has 0 spiro atoms. The van der Waals surface area contributed by atoms with Gasteiger partial charge in [-0.3, -0.25) is 4.79 Å². The first-order valence-electron chi connectivity index (χ1n) is 12.6. The molecule has 1 aromatic carbocycles. The number of thiazole rings is 1. The highest BCUT2D eigenvalue weighted by Crippen LogP contribution is 2.63. The lowest BCUT2D eigenvalue weighted by atomic mass is 9.47. The van der Waals surface area contributed by atoms with Crippen LogP contribution in [0.2, 0.25) is 0 Å². The fraction of sp³-hybridized carbons (Fsp3) is 0.571. The Balaban J connectivity index is 1.77. The normalized spacial score (nSPS) is 28.4. The van der Waals surface area contributed by atoms with E-state index in [9.17, 15) is 15.0 Å². The molecular weight excluding hydrogens is 490 g/mol. The van der Waals surface area contributed by atoms with Crippen LogP contribution in [0.15, 0.2) is 18.2 Å². The molecule has 2 aromatic rings. The molecule has 5 atom stereocenters. The molecule has 1 fully saturated rings. The number of aliphatic hydroxyl groups is 2. The molecule has 0 saturated heterocycles. The Morgan fingerprint density at radius 2 is 2.11 bits per heavy atom. The Kier molecular flexibility index (Phi) is 7.75. The molecule has 0 radical (unpaired) electrons. The van der Waals surface area contributed by atoms with Crippen LogP contribution in [0, 0.1) is 29.1 Å². The molecule has 9 heteroatoms. The Labute approximate surface area is 223 Å². The number of rotatable bonds is 8. The summed E-state index contributed by atoms with van der Waals surface area (Å²) in [5.74, 6) is 3.67. The van der Waals surface area contributed by atoms with E-state index in [2.05, 4.69) is 18.2 Å². The Hall–Kier alpha value is -2.80. The van der Waals surface area contributed by atoms with Crippen LogP contribution in [0.25, 0.3) is 0 Å². The smallest absolute Gasteiger partial charge is 0.223 e. The highest BCUT2D eigenvalue weighted by Gasteiger charge is 2.59. The van der Waals surface area contributed by atoms with Crippen molar-refractivity contribution in [1.29, 1.82) is 0 Å². The monoisotopic (exact) mass is 527 g/mol. The highest BCUT2D eigenvalue weighted by atomic mass is 32.1. The summed E-state index contributed by atoms with van der Waals surface area (Å²) in [6.07, 6.45) is 7.11. The second kappa shape index (κ2) is 10.5. The van der Waals surface area contributed by atoms with Crippen LogP contribution in [0.4, 0.5) is 10.8 Å². The van der Waals surface area contributed by atoms with Gasteiger partial charge in [0.25, 0.3) is 0 Å². The van der Waals surface area contributed by atoms with E-state index in [4.69, 9.17) is 20.9 Å². The van der Waals surface area contributed by atoms with Crippen molar-refractivity contribution in [2.45, 2.75) is 51.6 Å². The molecule has 2 aliphatic carbocycles. The van der Waals surface area contributed by atoms with E-state index in [1.807, 2.05) is 25.1 Å². The van der Waals surface area contributed by atoms with Crippen LogP contribution in [0.3, 0.4) is 0 Å². The molecule has 3 N–H and O–H groups in total. The number of aromatic nitrogens is 1. The number of methoxy groups -OCH3 is 2. The van der Waals surface area contributed by atoms with Crippen molar-refractivity contribution in [3.05, 3.63) is 28.8 Å². The van der Waals surface area contributed by atoms with Crippen molar-refractivity contribution in [2.75, 3.05) is 39.7 Å². The van der Waals surface area contributed by atoms with Crippen molar-refractivity contribution in [1.82, 2.24) is 9.88 Å². The third-order valence-electron chi connectivity index (χ3n) is 8.67. The van der Waals surface area contributed by atoms with Gasteiger partial charge in [-0.15, -0.1) is 17.8 Å². The third-order valence-corrected chi connectivity index (χ3v) is 9.68. The molecule has 37 heavy (non-hydrogen) atoms. The molecule has 2 aliphatic rings. The number of aliphatic hydroxyl groups excluding tert-OH is 2. The predicted octanol–water partition coefficient (Wildman–Crippen LogP) is 3.80. The van der Waals surface area contributed by atoms with Gasteiger partial charge in [0.05, 0.1) is 44.9 Å². The molecule has 4 rings (SSSR count). The number of fused-ring (bicyclic) bond motifs is 2. The molecule has 1 aromatic heterocycles. The zero-order chi connectivity index (χ0) is 27.0. The number of nitrogens with one attached hydrogen (secondary N) is 1. The van der Waals surface area contributed by atoms with Gasteiger partial charge in [0.2, 0.25) is 5.91 Å². The minimum atomic E-state index is -0.676. The molecule has 0 bridgehead atoms. The van der Waals surface area contributed by atoms with Crippen LogP contribution in [0.1, 0.15) is 49.6 Å². The van der Waals surface area contributed by atoms with Gasteiger partial charge in [0.1, 0.15) is 11.5 Å². The summed E-state index contributed by atoms with van der Waals surface area (Å²) in [5.41, 5.74) is 0.639. The van der Waals surface area contributed by atoms with Crippen LogP contribution >= 0.6 is 11.3 Å². The lowest BCUT2D eigenvalue weighted by molar-refractivity contribution is -0.146. The molecular formula is C28H37N3O5S. The predicted molar refractivity (Wildman–Crippen MR) is 145 cm³/mol. The minimum Gasteiger partial charge on any atom is -0.497 e. The number of carbonyl (C=O) groups is 1. The van der Waals surface area contributed by atoms with E-state index in [-0.39, 0.29) is 42.7 Å². The van der Waals surface area contributed by atoms with E-state index in [0.717, 1.165) is 22.7 Å². The SMILES string of the molecule is C#CCN(C)C(=O)CC1c2nc(Nc3cc(OC)ccc3OC)sc2CC2C(C)(CO)C(O)CCC12C. The second-order valence-corrected chi connectivity index (χ2v) is 11.8. The van der Waals surface area contributed by atoms with E-state index in [1.54, 1.807) is 37.5 Å². The largest absolute Gasteiger partial charge is 0.497 e. The summed E-state index contributed by atoms with van der Waals surface area (Å²) >= 11 is 1.54. The first-order chi connectivity index (χ1) is 17.6. The topological polar surface area (TPSA) is 104 Å². The first kappa shape index (κ1) is 27.2. The maximum Gasteiger partial charge on any atom is 0.223 e. The maximum absolute atomic E-state index is 13.2. The number of terminal acetylenes is 1. The second-order valence-electron chi connectivity index (χ2n) is 10.7. The van der Waals surface area contributed by atoms with Gasteiger partial charge in [-0.05, 0) is 42.7 Å². The van der Waals surface area contributed by atoms with Gasteiger partial charge >= 0.3 is 0 Å². The van der Waals surface area contributed by atoms with Crippen molar-refractivity contribution in [3.8, 4) is 23.8 Å². The number of ether oxygens (including phenoxy) is 2. The zero-order valence-electron chi connectivity index (χ0n) is 22.2. The number of hydrogen-bond donors (Lipinski definition) is 3. The van der Waals surface area contributed by atoms with Crippen LogP contribution in [-0.2, 0) is 11.2 Å². The first-order valence-corrected chi connectivity index (χ1v) is 13.4. The summed E-state index contributed by atoms with van der Waals surface area (Å²) in [5, 5.41) is 25.5. The summed E-state index contributed by atoms with van der Waals surface area (Å²) in [7, 11) is 4.94. The van der Waals surface area contributed by atoms with E-state index in [0.29, 0.717) is 29.5 Å². The number of carbonyl (C=O) groups excluding carboxylic acids is 1. The Morgan fingerprint density at radius 1 is 1.35 bits per heavy atom. The number of benzene rings is 1. The summed E-state index contributed by atoms with van der Waals surface area (Å²) in [6.45, 7) is 4.28. The summed E-state index contributed by atoms with van der Waals surface area (Å²) in [6, 6.07) is 5.52. The fourth-order valence-electron chi connectivity index (χ4n) is 6.28. The standard InChI is InChI=1S/C28H37N3O5S/c1-7-12-31(4)24(34)14-18-25-21(15-22-27(18,2)11-10-23(33)28(22,3)16-32)37-26(30-25)29-19-13-17(35-5)8-9-20(19)36-6/h1,8-9,13,18,22-23,32-33H,10-12,14-16H2,2-6H3,(H,29,30). The third kappa shape index (κ3) is 4.78. The van der Waals surface area contributed by atoms with E-state index in [1.165, 1.54) is 0 Å². The van der Waals surface area contributed by atoms with Gasteiger partial charge < -0.3 is 29.9 Å². The van der Waals surface area contributed by atoms with Gasteiger partial charge in [-0.2, -0.15) is 0 Å². The van der Waals surface area contributed by atoms with E-state index >= 15 is 0 Å². The van der Waals surface area contributed by atoms with Gasteiger partial charge in [0, 0.05) is 35.7 Å². The number of nitrogens with zero attached hydrogens (tertiary/aromatic N) is 2. The lowest BCUT2D eigenvalue weighted by Crippen LogP contribution is -2.57. The zero-order valence-corrected chi connectivity index (χ0v) is 23.0. The molecule has 0 aliphatic heterocycles. The lowest BCUT2D eigenvalue weighted by Gasteiger charge is -2.58. The highest BCUT2D eigenvalue weighted by molar-refractivity contribution is 7.15. The van der Waals surface area contributed by atoms with Gasteiger partial charge in [-0.25, -0.2) is 4.98 Å². The van der Waals surface area contributed by atoms with E-state index < -0.39 is 11.5 Å². The number of anilines is 2. The van der Waals surface area contributed by atoms with Crippen molar-refractivity contribution in [3.63, 3.8) is 0 Å². The summed E-state index contributed by atoms with van der Waals surface area (Å²) in [4.78, 5) is 20.9. The minimum absolute atomic E-state index is 0.0170. The molecule has 200 valence electrons. The van der Waals surface area contributed by atoms with Gasteiger partial charge in [-0.1, -0.05) is 19.8 Å². The average Bonchev–Trinajstić information content (AvgIpc) is 3.29. The molecule has 1 amide bonds.